The quantitative estimate of drug-likeness (QED) is 0.773. The molecule has 0 saturated heterocycles. The van der Waals surface area contributed by atoms with Gasteiger partial charge in [0.15, 0.2) is 0 Å². The van der Waals surface area contributed by atoms with Crippen LogP contribution in [0.5, 0.6) is 5.75 Å². The van der Waals surface area contributed by atoms with Crippen LogP contribution in [0.2, 0.25) is 0 Å². The van der Waals surface area contributed by atoms with Crippen molar-refractivity contribution in [1.29, 1.82) is 0 Å². The van der Waals surface area contributed by atoms with Crippen molar-refractivity contribution in [2.24, 2.45) is 0 Å². The summed E-state index contributed by atoms with van der Waals surface area (Å²) < 4.78 is 5.75. The summed E-state index contributed by atoms with van der Waals surface area (Å²) >= 11 is 0. The number of carbonyl (C=O) groups is 1. The van der Waals surface area contributed by atoms with Crippen molar-refractivity contribution in [1.82, 2.24) is 5.32 Å². The van der Waals surface area contributed by atoms with Gasteiger partial charge in [0, 0.05) is 12.1 Å². The number of aliphatic hydroxyl groups is 1. The Kier molecular flexibility index (Phi) is 6.39. The van der Waals surface area contributed by atoms with E-state index >= 15 is 0 Å². The standard InChI is InChI=1S/C19H21NO3/c1-15(13-21)20-19(22)11-10-16-8-5-9-18(12-16)23-14-17-6-3-2-4-7-17/h2-12,15,21H,13-14H2,1H3,(H,20,22)/b11-10+. The number of benzene rings is 2. The lowest BCUT2D eigenvalue weighted by atomic mass is 10.2. The van der Waals surface area contributed by atoms with Crippen LogP contribution in [0.4, 0.5) is 0 Å². The van der Waals surface area contributed by atoms with Crippen molar-refractivity contribution < 1.29 is 14.6 Å². The van der Waals surface area contributed by atoms with Crippen molar-refractivity contribution in [3.63, 3.8) is 0 Å². The van der Waals surface area contributed by atoms with Gasteiger partial charge in [-0.05, 0) is 36.3 Å². The van der Waals surface area contributed by atoms with Gasteiger partial charge >= 0.3 is 0 Å². The van der Waals surface area contributed by atoms with E-state index in [1.165, 1.54) is 6.08 Å². The second kappa shape index (κ2) is 8.76. The predicted molar refractivity (Wildman–Crippen MR) is 90.9 cm³/mol. The van der Waals surface area contributed by atoms with Gasteiger partial charge in [0.1, 0.15) is 12.4 Å². The Hall–Kier alpha value is -2.59. The van der Waals surface area contributed by atoms with Crippen molar-refractivity contribution in [2.75, 3.05) is 6.61 Å². The molecule has 120 valence electrons. The Balaban J connectivity index is 1.93. The minimum Gasteiger partial charge on any atom is -0.489 e. The van der Waals surface area contributed by atoms with Crippen molar-refractivity contribution in [3.05, 3.63) is 71.8 Å². The molecule has 2 aromatic carbocycles. The van der Waals surface area contributed by atoms with E-state index < -0.39 is 0 Å². The largest absolute Gasteiger partial charge is 0.489 e. The summed E-state index contributed by atoms with van der Waals surface area (Å²) in [6.45, 7) is 2.16. The van der Waals surface area contributed by atoms with Gasteiger partial charge in [0.25, 0.3) is 0 Å². The molecule has 0 saturated carbocycles. The molecule has 23 heavy (non-hydrogen) atoms. The predicted octanol–water partition coefficient (Wildman–Crippen LogP) is 2.78. The number of amides is 1. The Bertz CT molecular complexity index is 653. The second-order valence-electron chi connectivity index (χ2n) is 5.27. The average molecular weight is 311 g/mol. The van der Waals surface area contributed by atoms with Gasteiger partial charge in [-0.25, -0.2) is 0 Å². The fourth-order valence-electron chi connectivity index (χ4n) is 1.96. The minimum atomic E-state index is -0.257. The molecule has 0 aliphatic rings. The zero-order valence-electron chi connectivity index (χ0n) is 13.1. The zero-order valence-corrected chi connectivity index (χ0v) is 13.1. The highest BCUT2D eigenvalue weighted by Crippen LogP contribution is 2.16. The average Bonchev–Trinajstić information content (AvgIpc) is 2.59. The highest BCUT2D eigenvalue weighted by Gasteiger charge is 2.02. The Morgan fingerprint density at radius 2 is 2.00 bits per heavy atom. The SMILES string of the molecule is CC(CO)NC(=O)/C=C/c1cccc(OCc2ccccc2)c1. The highest BCUT2D eigenvalue weighted by atomic mass is 16.5. The van der Waals surface area contributed by atoms with E-state index in [-0.39, 0.29) is 18.6 Å². The van der Waals surface area contributed by atoms with E-state index in [1.807, 2.05) is 54.6 Å². The molecular formula is C19H21NO3. The second-order valence-corrected chi connectivity index (χ2v) is 5.27. The van der Waals surface area contributed by atoms with Crippen LogP contribution in [-0.4, -0.2) is 23.7 Å². The van der Waals surface area contributed by atoms with E-state index in [2.05, 4.69) is 5.32 Å². The molecule has 2 N–H and O–H groups in total. The van der Waals surface area contributed by atoms with Crippen LogP contribution in [0.3, 0.4) is 0 Å². The topological polar surface area (TPSA) is 58.6 Å². The molecule has 0 heterocycles. The Morgan fingerprint density at radius 1 is 1.22 bits per heavy atom. The van der Waals surface area contributed by atoms with Gasteiger partial charge < -0.3 is 15.2 Å². The van der Waals surface area contributed by atoms with Crippen LogP contribution in [0, 0.1) is 0 Å². The van der Waals surface area contributed by atoms with Gasteiger partial charge in [-0.15, -0.1) is 0 Å². The molecule has 2 aromatic rings. The van der Waals surface area contributed by atoms with E-state index in [4.69, 9.17) is 9.84 Å². The molecule has 0 aliphatic heterocycles. The Labute approximate surface area is 136 Å². The van der Waals surface area contributed by atoms with E-state index in [0.29, 0.717) is 6.61 Å². The number of hydrogen-bond acceptors (Lipinski definition) is 3. The summed E-state index contributed by atoms with van der Waals surface area (Å²) in [6.07, 6.45) is 3.16. The first kappa shape index (κ1) is 16.8. The third-order valence-electron chi connectivity index (χ3n) is 3.20. The fraction of sp³-hybridized carbons (Fsp3) is 0.211. The maximum atomic E-state index is 11.6. The van der Waals surface area contributed by atoms with Crippen LogP contribution < -0.4 is 10.1 Å². The molecule has 4 nitrogen and oxygen atoms in total. The van der Waals surface area contributed by atoms with Crippen molar-refractivity contribution >= 4 is 12.0 Å². The molecule has 1 amide bonds. The van der Waals surface area contributed by atoms with Crippen LogP contribution >= 0.6 is 0 Å². The molecule has 4 heteroatoms. The molecule has 0 spiro atoms. The third-order valence-corrected chi connectivity index (χ3v) is 3.20. The fourth-order valence-corrected chi connectivity index (χ4v) is 1.96. The van der Waals surface area contributed by atoms with E-state index in [0.717, 1.165) is 16.9 Å². The molecule has 0 aliphatic carbocycles. The third kappa shape index (κ3) is 5.96. The maximum absolute atomic E-state index is 11.6. The summed E-state index contributed by atoms with van der Waals surface area (Å²) in [7, 11) is 0. The molecule has 2 rings (SSSR count). The number of carbonyl (C=O) groups excluding carboxylic acids is 1. The van der Waals surface area contributed by atoms with E-state index in [1.54, 1.807) is 13.0 Å². The zero-order chi connectivity index (χ0) is 16.5. The molecule has 1 atom stereocenters. The Morgan fingerprint density at radius 3 is 2.74 bits per heavy atom. The van der Waals surface area contributed by atoms with Gasteiger partial charge in [-0.1, -0.05) is 42.5 Å². The smallest absolute Gasteiger partial charge is 0.244 e. The number of rotatable bonds is 7. The normalized spacial score (nSPS) is 12.1. The maximum Gasteiger partial charge on any atom is 0.244 e. The summed E-state index contributed by atoms with van der Waals surface area (Å²) in [5.41, 5.74) is 1.98. The van der Waals surface area contributed by atoms with E-state index in [9.17, 15) is 4.79 Å². The number of nitrogens with one attached hydrogen (secondary N) is 1. The number of aliphatic hydroxyl groups excluding tert-OH is 1. The minimum absolute atomic E-state index is 0.0810. The summed E-state index contributed by atoms with van der Waals surface area (Å²) in [4.78, 5) is 11.6. The monoisotopic (exact) mass is 311 g/mol. The first-order valence-corrected chi connectivity index (χ1v) is 7.53. The van der Waals surface area contributed by atoms with Gasteiger partial charge in [0.05, 0.1) is 6.61 Å². The number of hydrogen-bond donors (Lipinski definition) is 2. The summed E-state index contributed by atoms with van der Waals surface area (Å²) in [5.74, 6) is 0.516. The van der Waals surface area contributed by atoms with Crippen LogP contribution in [0.25, 0.3) is 6.08 Å². The lowest BCUT2D eigenvalue weighted by Crippen LogP contribution is -2.33. The molecule has 0 bridgehead atoms. The van der Waals surface area contributed by atoms with Crippen molar-refractivity contribution in [2.45, 2.75) is 19.6 Å². The lowest BCUT2D eigenvalue weighted by molar-refractivity contribution is -0.117. The highest BCUT2D eigenvalue weighted by molar-refractivity contribution is 5.91. The van der Waals surface area contributed by atoms with Crippen LogP contribution in [0.15, 0.2) is 60.7 Å². The van der Waals surface area contributed by atoms with Gasteiger partial charge in [-0.2, -0.15) is 0 Å². The first-order chi connectivity index (χ1) is 11.2. The van der Waals surface area contributed by atoms with Gasteiger partial charge in [-0.3, -0.25) is 4.79 Å². The number of ether oxygens (including phenoxy) is 1. The summed E-state index contributed by atoms with van der Waals surface area (Å²) in [6, 6.07) is 17.2. The molecule has 0 fully saturated rings. The first-order valence-electron chi connectivity index (χ1n) is 7.53. The lowest BCUT2D eigenvalue weighted by Gasteiger charge is -2.08. The van der Waals surface area contributed by atoms with Gasteiger partial charge in [0.2, 0.25) is 5.91 Å². The molecular weight excluding hydrogens is 290 g/mol. The summed E-state index contributed by atoms with van der Waals surface area (Å²) in [5, 5.41) is 11.6. The molecule has 0 aromatic heterocycles. The molecule has 0 radical (unpaired) electrons. The van der Waals surface area contributed by atoms with Crippen molar-refractivity contribution in [3.8, 4) is 5.75 Å². The van der Waals surface area contributed by atoms with Crippen LogP contribution in [0.1, 0.15) is 18.1 Å². The molecule has 1 unspecified atom stereocenters. The van der Waals surface area contributed by atoms with Crippen LogP contribution in [-0.2, 0) is 11.4 Å².